The van der Waals surface area contributed by atoms with E-state index in [1.807, 2.05) is 6.92 Å². The summed E-state index contributed by atoms with van der Waals surface area (Å²) < 4.78 is 16.0. The van der Waals surface area contributed by atoms with Crippen LogP contribution in [0.3, 0.4) is 0 Å². The van der Waals surface area contributed by atoms with Gasteiger partial charge < -0.3 is 19.5 Å². The van der Waals surface area contributed by atoms with Gasteiger partial charge in [-0.25, -0.2) is 0 Å². The van der Waals surface area contributed by atoms with E-state index in [4.69, 9.17) is 14.2 Å². The van der Waals surface area contributed by atoms with Crippen molar-refractivity contribution in [3.05, 3.63) is 12.8 Å². The summed E-state index contributed by atoms with van der Waals surface area (Å²) >= 11 is 0. The topological polar surface area (TPSA) is 39.7 Å². The van der Waals surface area contributed by atoms with Gasteiger partial charge >= 0.3 is 0 Å². The largest absolute Gasteiger partial charge is 0.502 e. The van der Waals surface area contributed by atoms with E-state index in [1.165, 1.54) is 6.26 Å². The molecule has 3 unspecified atom stereocenters. The summed E-state index contributed by atoms with van der Waals surface area (Å²) in [7, 11) is 1.74. The fourth-order valence-electron chi connectivity index (χ4n) is 2.00. The van der Waals surface area contributed by atoms with Crippen LogP contribution in [-0.2, 0) is 14.2 Å². The Kier molecular flexibility index (Phi) is 6.45. The zero-order chi connectivity index (χ0) is 11.8. The molecule has 0 aromatic heterocycles. The predicted octanol–water partition coefficient (Wildman–Crippen LogP) is 1.32. The Morgan fingerprint density at radius 1 is 1.50 bits per heavy atom. The molecule has 1 saturated carbocycles. The van der Waals surface area contributed by atoms with Crippen molar-refractivity contribution >= 4 is 0 Å². The van der Waals surface area contributed by atoms with Gasteiger partial charge in [0, 0.05) is 19.8 Å². The highest BCUT2D eigenvalue weighted by Gasteiger charge is 2.41. The lowest BCUT2D eigenvalue weighted by molar-refractivity contribution is -0.131. The van der Waals surface area contributed by atoms with Crippen molar-refractivity contribution in [2.75, 3.05) is 26.9 Å². The second-order valence-electron chi connectivity index (χ2n) is 3.88. The molecule has 4 nitrogen and oxygen atoms in total. The Balaban J connectivity index is 2.07. The molecule has 0 bridgehead atoms. The molecule has 0 heterocycles. The van der Waals surface area contributed by atoms with E-state index in [-0.39, 0.29) is 12.2 Å². The lowest BCUT2D eigenvalue weighted by atomic mass is 9.85. The molecule has 1 rings (SSSR count). The van der Waals surface area contributed by atoms with Crippen LogP contribution in [0.5, 0.6) is 0 Å². The first-order chi connectivity index (χ1) is 7.83. The lowest BCUT2D eigenvalue weighted by Crippen LogP contribution is -2.59. The van der Waals surface area contributed by atoms with E-state index in [0.717, 1.165) is 32.6 Å². The number of hydrogen-bond acceptors (Lipinski definition) is 4. The normalized spacial score (nSPS) is 28.5. The van der Waals surface area contributed by atoms with Gasteiger partial charge in [-0.3, -0.25) is 0 Å². The lowest BCUT2D eigenvalue weighted by Gasteiger charge is -2.43. The Morgan fingerprint density at radius 2 is 2.31 bits per heavy atom. The highest BCUT2D eigenvalue weighted by atomic mass is 16.5. The zero-order valence-electron chi connectivity index (χ0n) is 10.3. The number of nitrogens with one attached hydrogen (secondary N) is 1. The Morgan fingerprint density at radius 3 is 2.94 bits per heavy atom. The highest BCUT2D eigenvalue weighted by molar-refractivity contribution is 4.96. The van der Waals surface area contributed by atoms with E-state index in [2.05, 4.69) is 11.9 Å². The van der Waals surface area contributed by atoms with E-state index < -0.39 is 0 Å². The minimum Gasteiger partial charge on any atom is -0.502 e. The maximum absolute atomic E-state index is 5.55. The smallest absolute Gasteiger partial charge is 0.0986 e. The maximum atomic E-state index is 5.55. The summed E-state index contributed by atoms with van der Waals surface area (Å²) in [5, 5.41) is 3.45. The molecule has 0 saturated heterocycles. The quantitative estimate of drug-likeness (QED) is 0.478. The van der Waals surface area contributed by atoms with Gasteiger partial charge in [0.15, 0.2) is 0 Å². The van der Waals surface area contributed by atoms with E-state index in [1.54, 1.807) is 7.11 Å². The number of rotatable bonds is 9. The zero-order valence-corrected chi connectivity index (χ0v) is 10.3. The van der Waals surface area contributed by atoms with Crippen LogP contribution < -0.4 is 5.32 Å². The molecule has 0 aliphatic heterocycles. The third-order valence-electron chi connectivity index (χ3n) is 2.87. The van der Waals surface area contributed by atoms with Gasteiger partial charge in [0.1, 0.15) is 0 Å². The van der Waals surface area contributed by atoms with Gasteiger partial charge in [-0.2, -0.15) is 0 Å². The predicted molar refractivity (Wildman–Crippen MR) is 63.4 cm³/mol. The highest BCUT2D eigenvalue weighted by Crippen LogP contribution is 2.26. The first-order valence-electron chi connectivity index (χ1n) is 5.93. The van der Waals surface area contributed by atoms with Crippen molar-refractivity contribution in [1.29, 1.82) is 0 Å². The van der Waals surface area contributed by atoms with Gasteiger partial charge in [0.2, 0.25) is 0 Å². The molecule has 1 N–H and O–H groups in total. The van der Waals surface area contributed by atoms with Gasteiger partial charge in [-0.1, -0.05) is 6.58 Å². The first kappa shape index (κ1) is 13.5. The van der Waals surface area contributed by atoms with Gasteiger partial charge in [0.25, 0.3) is 0 Å². The van der Waals surface area contributed by atoms with Crippen LogP contribution in [0.25, 0.3) is 0 Å². The van der Waals surface area contributed by atoms with Crippen LogP contribution in [0, 0.1) is 0 Å². The Bertz CT molecular complexity index is 199. The fourth-order valence-corrected chi connectivity index (χ4v) is 2.00. The standard InChI is InChI=1S/C12H23NO3/c1-4-15-8-6-7-13-10-9-11(16-5-2)12(10)14-3/h4,10-13H,1,5-9H2,2-3H3. The summed E-state index contributed by atoms with van der Waals surface area (Å²) in [5.41, 5.74) is 0. The summed E-state index contributed by atoms with van der Waals surface area (Å²) in [6.45, 7) is 7.93. The molecule has 0 amide bonds. The molecule has 1 aliphatic rings. The third-order valence-corrected chi connectivity index (χ3v) is 2.87. The molecule has 1 aliphatic carbocycles. The molecule has 0 aromatic rings. The summed E-state index contributed by atoms with van der Waals surface area (Å²) in [6, 6.07) is 0.422. The van der Waals surface area contributed by atoms with E-state index in [9.17, 15) is 0 Å². The molecular formula is C12H23NO3. The molecule has 1 fully saturated rings. The van der Waals surface area contributed by atoms with Crippen LogP contribution in [-0.4, -0.2) is 45.1 Å². The van der Waals surface area contributed by atoms with Gasteiger partial charge in [-0.05, 0) is 26.3 Å². The summed E-state index contributed by atoms with van der Waals surface area (Å²) in [4.78, 5) is 0. The van der Waals surface area contributed by atoms with Gasteiger partial charge in [-0.15, -0.1) is 0 Å². The molecule has 16 heavy (non-hydrogen) atoms. The van der Waals surface area contributed by atoms with Crippen LogP contribution in [0.15, 0.2) is 12.8 Å². The van der Waals surface area contributed by atoms with Crippen molar-refractivity contribution < 1.29 is 14.2 Å². The van der Waals surface area contributed by atoms with Gasteiger partial charge in [0.05, 0.1) is 25.1 Å². The Hall–Kier alpha value is -0.580. The first-order valence-corrected chi connectivity index (χ1v) is 5.93. The molecule has 0 radical (unpaired) electrons. The Labute approximate surface area is 97.9 Å². The summed E-state index contributed by atoms with van der Waals surface area (Å²) in [6.07, 6.45) is 3.96. The van der Waals surface area contributed by atoms with Crippen molar-refractivity contribution in [3.8, 4) is 0 Å². The average molecular weight is 229 g/mol. The third kappa shape index (κ3) is 3.77. The molecule has 0 aromatic carbocycles. The van der Waals surface area contributed by atoms with Crippen molar-refractivity contribution in [1.82, 2.24) is 5.32 Å². The fraction of sp³-hybridized carbons (Fsp3) is 0.833. The molecule has 4 heteroatoms. The number of hydrogen-bond donors (Lipinski definition) is 1. The molecule has 3 atom stereocenters. The summed E-state index contributed by atoms with van der Waals surface area (Å²) in [5.74, 6) is 0. The SMILES string of the molecule is C=COCCCNC1CC(OCC)C1OC. The van der Waals surface area contributed by atoms with Crippen LogP contribution >= 0.6 is 0 Å². The molecular weight excluding hydrogens is 206 g/mol. The van der Waals surface area contributed by atoms with Crippen LogP contribution in [0.1, 0.15) is 19.8 Å². The van der Waals surface area contributed by atoms with Crippen molar-refractivity contribution in [2.24, 2.45) is 0 Å². The van der Waals surface area contributed by atoms with E-state index in [0.29, 0.717) is 6.04 Å². The van der Waals surface area contributed by atoms with Crippen molar-refractivity contribution in [2.45, 2.75) is 38.0 Å². The minimum absolute atomic E-state index is 0.195. The van der Waals surface area contributed by atoms with Crippen LogP contribution in [0.4, 0.5) is 0 Å². The minimum atomic E-state index is 0.195. The second kappa shape index (κ2) is 7.65. The second-order valence-corrected chi connectivity index (χ2v) is 3.88. The molecule has 94 valence electrons. The van der Waals surface area contributed by atoms with E-state index >= 15 is 0 Å². The number of ether oxygens (including phenoxy) is 3. The average Bonchev–Trinajstić information content (AvgIpc) is 2.26. The monoisotopic (exact) mass is 229 g/mol. The maximum Gasteiger partial charge on any atom is 0.0986 e. The van der Waals surface area contributed by atoms with Crippen molar-refractivity contribution in [3.63, 3.8) is 0 Å². The number of methoxy groups -OCH3 is 1. The molecule has 0 spiro atoms. The van der Waals surface area contributed by atoms with Crippen LogP contribution in [0.2, 0.25) is 0 Å².